The molecule has 0 amide bonds. The average molecular weight is 632 g/mol. The molecule has 0 radical (unpaired) electrons. The highest BCUT2D eigenvalue weighted by Crippen LogP contribution is 2.47. The Balaban J connectivity index is 1.73. The zero-order valence-corrected chi connectivity index (χ0v) is 22.6. The Hall–Kier alpha value is -2.00. The lowest BCUT2D eigenvalue weighted by atomic mass is 9.77. The van der Waals surface area contributed by atoms with Gasteiger partial charge in [-0.2, -0.15) is 0 Å². The molecule has 0 spiro atoms. The molecule has 6 nitrogen and oxygen atoms in total. The summed E-state index contributed by atoms with van der Waals surface area (Å²) in [6.07, 6.45) is 1.61. The zero-order valence-electron chi connectivity index (χ0n) is 17.9. The zero-order chi connectivity index (χ0) is 24.6. The maximum absolute atomic E-state index is 12.9. The molecular weight excluding hydrogens is 613 g/mol. The van der Waals surface area contributed by atoms with Gasteiger partial charge < -0.3 is 19.9 Å². The largest absolute Gasteiger partial charge is 0.486 e. The van der Waals surface area contributed by atoms with E-state index in [9.17, 15) is 9.59 Å². The molecule has 0 bridgehead atoms. The lowest BCUT2D eigenvalue weighted by molar-refractivity contribution is -0.136. The van der Waals surface area contributed by atoms with Crippen molar-refractivity contribution < 1.29 is 23.8 Å². The Labute approximate surface area is 223 Å². The first-order valence-corrected chi connectivity index (χ1v) is 12.6. The number of carbonyl (C=O) groups is 2. The summed E-state index contributed by atoms with van der Waals surface area (Å²) in [4.78, 5) is 25.6. The molecule has 0 saturated heterocycles. The van der Waals surface area contributed by atoms with Crippen molar-refractivity contribution in [1.29, 1.82) is 0 Å². The van der Waals surface area contributed by atoms with Gasteiger partial charge in [0.25, 0.3) is 0 Å². The molecule has 34 heavy (non-hydrogen) atoms. The van der Waals surface area contributed by atoms with Gasteiger partial charge in [-0.05, 0) is 68.1 Å². The molecule has 1 heterocycles. The van der Waals surface area contributed by atoms with E-state index in [1.807, 2.05) is 0 Å². The lowest BCUT2D eigenvalue weighted by Crippen LogP contribution is -2.31. The molecule has 2 aromatic carbocycles. The van der Waals surface area contributed by atoms with Crippen LogP contribution in [0.2, 0.25) is 10.0 Å². The van der Waals surface area contributed by atoms with E-state index in [0.717, 1.165) is 5.56 Å². The molecule has 1 atom stereocenters. The molecule has 4 rings (SSSR count). The quantitative estimate of drug-likeness (QED) is 0.376. The van der Waals surface area contributed by atoms with E-state index in [-0.39, 0.29) is 23.8 Å². The van der Waals surface area contributed by atoms with Crippen LogP contribution in [0.3, 0.4) is 0 Å². The summed E-state index contributed by atoms with van der Waals surface area (Å²) < 4.78 is 17.9. The van der Waals surface area contributed by atoms with Crippen LogP contribution in [0.1, 0.15) is 36.3 Å². The van der Waals surface area contributed by atoms with Crippen molar-refractivity contribution in [3.63, 3.8) is 0 Å². The van der Waals surface area contributed by atoms with E-state index < -0.39 is 11.9 Å². The topological polar surface area (TPSA) is 87.9 Å². The number of hydrogen-bond acceptors (Lipinski definition) is 6. The molecule has 1 aliphatic heterocycles. The SMILES string of the molecule is COC(=O)C1=C(N)OC2=C(C(=O)CCC2)[C@H]1c1cc(Br)c(OCc2ccc(Cl)cc2Cl)c(Br)c1. The van der Waals surface area contributed by atoms with Crippen molar-refractivity contribution in [3.8, 4) is 5.75 Å². The normalized spacial score (nSPS) is 17.9. The molecular formula is C24H19Br2Cl2NO5. The van der Waals surface area contributed by atoms with Gasteiger partial charge in [0.15, 0.2) is 5.78 Å². The molecule has 1 aliphatic carbocycles. The molecule has 0 saturated carbocycles. The van der Waals surface area contributed by atoms with Crippen LogP contribution in [-0.2, 0) is 25.7 Å². The molecule has 2 aromatic rings. The van der Waals surface area contributed by atoms with E-state index >= 15 is 0 Å². The van der Waals surface area contributed by atoms with Crippen molar-refractivity contribution >= 4 is 66.8 Å². The van der Waals surface area contributed by atoms with Crippen molar-refractivity contribution in [3.05, 3.63) is 83.2 Å². The standard InChI is InChI=1S/C24H19Br2Cl2NO5/c1-32-24(31)21-19(20-17(30)3-2-4-18(20)34-23(21)29)12-7-14(25)22(15(26)8-12)33-10-11-5-6-13(27)9-16(11)28/h5-9,19H,2-4,10,29H2,1H3/t19-/m1/s1. The fourth-order valence-electron chi connectivity index (χ4n) is 4.07. The second-order valence-corrected chi connectivity index (χ2v) is 10.3. The number of benzene rings is 2. The molecule has 0 fully saturated rings. The van der Waals surface area contributed by atoms with E-state index in [4.69, 9.17) is 43.1 Å². The smallest absolute Gasteiger partial charge is 0.340 e. The highest BCUT2D eigenvalue weighted by molar-refractivity contribution is 9.11. The number of hydrogen-bond donors (Lipinski definition) is 1. The third-order valence-corrected chi connectivity index (χ3v) is 7.40. The van der Waals surface area contributed by atoms with Gasteiger partial charge in [-0.3, -0.25) is 4.79 Å². The Bertz CT molecular complexity index is 1230. The van der Waals surface area contributed by atoms with Crippen molar-refractivity contribution in [2.75, 3.05) is 7.11 Å². The molecule has 2 aliphatic rings. The van der Waals surface area contributed by atoms with Gasteiger partial charge >= 0.3 is 5.97 Å². The summed E-state index contributed by atoms with van der Waals surface area (Å²) in [6, 6.07) is 8.77. The molecule has 0 unspecified atom stereocenters. The fourth-order valence-corrected chi connectivity index (χ4v) is 5.98. The van der Waals surface area contributed by atoms with Crippen molar-refractivity contribution in [2.45, 2.75) is 31.8 Å². The van der Waals surface area contributed by atoms with Gasteiger partial charge in [-0.1, -0.05) is 29.3 Å². The minimum absolute atomic E-state index is 0.0600. The second kappa shape index (κ2) is 10.3. The molecule has 178 valence electrons. The number of carbonyl (C=O) groups excluding carboxylic acids is 2. The number of esters is 1. The molecule has 10 heteroatoms. The summed E-state index contributed by atoms with van der Waals surface area (Å²) in [6.45, 7) is 0.206. The maximum Gasteiger partial charge on any atom is 0.340 e. The van der Waals surface area contributed by atoms with Gasteiger partial charge in [-0.25, -0.2) is 4.79 Å². The predicted octanol–water partition coefficient (Wildman–Crippen LogP) is 6.56. The summed E-state index contributed by atoms with van der Waals surface area (Å²) in [7, 11) is 1.26. The van der Waals surface area contributed by atoms with Crippen LogP contribution in [0.5, 0.6) is 5.75 Å². The summed E-state index contributed by atoms with van der Waals surface area (Å²) in [5, 5.41) is 1.04. The number of ketones is 1. The number of halogens is 4. The number of Topliss-reactive ketones (excluding diaryl/α,β-unsaturated/α-hetero) is 1. The van der Waals surface area contributed by atoms with Crippen molar-refractivity contribution in [2.24, 2.45) is 5.73 Å². The Kier molecular flexibility index (Phi) is 7.62. The molecule has 2 N–H and O–H groups in total. The molecule has 0 aromatic heterocycles. The van der Waals surface area contributed by atoms with Crippen LogP contribution >= 0.6 is 55.1 Å². The Morgan fingerprint density at radius 3 is 2.53 bits per heavy atom. The van der Waals surface area contributed by atoms with Gasteiger partial charge in [0.1, 0.15) is 23.7 Å². The number of rotatable bonds is 5. The summed E-state index contributed by atoms with van der Waals surface area (Å²) in [5.41, 5.74) is 8.07. The minimum atomic E-state index is -0.726. The van der Waals surface area contributed by atoms with Gasteiger partial charge in [0.05, 0.1) is 22.0 Å². The first-order valence-electron chi connectivity index (χ1n) is 10.3. The maximum atomic E-state index is 12.9. The summed E-state index contributed by atoms with van der Waals surface area (Å²) in [5.74, 6) is -0.493. The van der Waals surface area contributed by atoms with E-state index in [1.54, 1.807) is 30.3 Å². The summed E-state index contributed by atoms with van der Waals surface area (Å²) >= 11 is 19.3. The average Bonchev–Trinajstić information content (AvgIpc) is 2.78. The Morgan fingerprint density at radius 1 is 1.18 bits per heavy atom. The highest BCUT2D eigenvalue weighted by atomic mass is 79.9. The third-order valence-electron chi connectivity index (χ3n) is 5.63. The minimum Gasteiger partial charge on any atom is -0.486 e. The first-order chi connectivity index (χ1) is 16.2. The number of nitrogens with two attached hydrogens (primary N) is 1. The predicted molar refractivity (Wildman–Crippen MR) is 136 cm³/mol. The monoisotopic (exact) mass is 629 g/mol. The van der Waals surface area contributed by atoms with Crippen molar-refractivity contribution in [1.82, 2.24) is 0 Å². The number of methoxy groups -OCH3 is 1. The number of allylic oxidation sites excluding steroid dienone is 2. The lowest BCUT2D eigenvalue weighted by Gasteiger charge is -2.32. The first kappa shape index (κ1) is 25.1. The van der Waals surface area contributed by atoms with Crippen LogP contribution in [0.15, 0.2) is 62.1 Å². The van der Waals surface area contributed by atoms with Gasteiger partial charge in [-0.15, -0.1) is 0 Å². The third kappa shape index (κ3) is 4.87. The fraction of sp³-hybridized carbons (Fsp3) is 0.250. The van der Waals surface area contributed by atoms with Crippen LogP contribution in [0, 0.1) is 0 Å². The van der Waals surface area contributed by atoms with Gasteiger partial charge in [0.2, 0.25) is 5.88 Å². The van der Waals surface area contributed by atoms with Gasteiger partial charge in [0, 0.05) is 34.0 Å². The van der Waals surface area contributed by atoms with Crippen LogP contribution in [0.25, 0.3) is 0 Å². The van der Waals surface area contributed by atoms with Crippen LogP contribution < -0.4 is 10.5 Å². The van der Waals surface area contributed by atoms with Crippen LogP contribution in [-0.4, -0.2) is 18.9 Å². The highest BCUT2D eigenvalue weighted by Gasteiger charge is 2.41. The number of ether oxygens (including phenoxy) is 3. The van der Waals surface area contributed by atoms with E-state index in [0.29, 0.717) is 60.9 Å². The Morgan fingerprint density at radius 2 is 1.88 bits per heavy atom. The van der Waals surface area contributed by atoms with E-state index in [2.05, 4.69) is 31.9 Å². The van der Waals surface area contributed by atoms with Crippen LogP contribution in [0.4, 0.5) is 0 Å². The van der Waals surface area contributed by atoms with E-state index in [1.165, 1.54) is 7.11 Å². The second-order valence-electron chi connectivity index (χ2n) is 7.76.